The normalized spacial score (nSPS) is 42.0. The molecule has 0 aliphatic carbocycles. The second-order valence-electron chi connectivity index (χ2n) is 3.96. The van der Waals surface area contributed by atoms with E-state index in [0.717, 1.165) is 0 Å². The maximum atomic E-state index is 9.54. The van der Waals surface area contributed by atoms with Crippen LogP contribution >= 0.6 is 0 Å². The van der Waals surface area contributed by atoms with E-state index in [1.165, 1.54) is 13.8 Å². The van der Waals surface area contributed by atoms with Crippen LogP contribution in [0.5, 0.6) is 0 Å². The Morgan fingerprint density at radius 3 is 2.15 bits per heavy atom. The van der Waals surface area contributed by atoms with Gasteiger partial charge in [-0.05, 0) is 13.8 Å². The van der Waals surface area contributed by atoms with Crippen LogP contribution in [0.25, 0.3) is 0 Å². The lowest BCUT2D eigenvalue weighted by molar-refractivity contribution is -0.229. The fourth-order valence-electron chi connectivity index (χ4n) is 1.43. The van der Waals surface area contributed by atoms with Gasteiger partial charge in [-0.1, -0.05) is 0 Å². The summed E-state index contributed by atoms with van der Waals surface area (Å²) >= 11 is 0. The summed E-state index contributed by atoms with van der Waals surface area (Å²) in [5, 5.41) is 37.4. The standard InChI is InChI=1S/C8H16O5/c1-8(2,12)7-6(11)5(10)4(9)3-13-7/h4-7,9-12H,3H2,1-2H3/t4-,5-,6+,7+/m1/s1. The zero-order chi connectivity index (χ0) is 10.2. The van der Waals surface area contributed by atoms with Gasteiger partial charge in [-0.25, -0.2) is 0 Å². The lowest BCUT2D eigenvalue weighted by Gasteiger charge is -2.40. The van der Waals surface area contributed by atoms with Crippen LogP contribution in [0, 0.1) is 0 Å². The molecule has 4 N–H and O–H groups in total. The number of hydrogen-bond acceptors (Lipinski definition) is 5. The topological polar surface area (TPSA) is 90.2 Å². The molecule has 1 aliphatic heterocycles. The Morgan fingerprint density at radius 1 is 1.15 bits per heavy atom. The molecule has 13 heavy (non-hydrogen) atoms. The van der Waals surface area contributed by atoms with E-state index in [-0.39, 0.29) is 6.61 Å². The van der Waals surface area contributed by atoms with Gasteiger partial charge >= 0.3 is 0 Å². The van der Waals surface area contributed by atoms with Crippen molar-refractivity contribution in [3.8, 4) is 0 Å². The van der Waals surface area contributed by atoms with E-state index in [1.807, 2.05) is 0 Å². The van der Waals surface area contributed by atoms with Crippen LogP contribution in [0.4, 0.5) is 0 Å². The highest BCUT2D eigenvalue weighted by Crippen LogP contribution is 2.24. The number of ether oxygens (including phenoxy) is 1. The summed E-state index contributed by atoms with van der Waals surface area (Å²) in [5.41, 5.74) is -1.24. The maximum absolute atomic E-state index is 9.54. The van der Waals surface area contributed by atoms with Crippen LogP contribution in [0.2, 0.25) is 0 Å². The van der Waals surface area contributed by atoms with Crippen LogP contribution in [-0.2, 0) is 4.74 Å². The fourth-order valence-corrected chi connectivity index (χ4v) is 1.43. The monoisotopic (exact) mass is 192 g/mol. The third-order valence-corrected chi connectivity index (χ3v) is 2.20. The third-order valence-electron chi connectivity index (χ3n) is 2.20. The second-order valence-corrected chi connectivity index (χ2v) is 3.96. The van der Waals surface area contributed by atoms with Crippen LogP contribution in [0.1, 0.15) is 13.8 Å². The molecule has 0 saturated carbocycles. The van der Waals surface area contributed by atoms with E-state index in [2.05, 4.69) is 0 Å². The van der Waals surface area contributed by atoms with Crippen molar-refractivity contribution in [2.45, 2.75) is 43.9 Å². The Morgan fingerprint density at radius 2 is 1.69 bits per heavy atom. The van der Waals surface area contributed by atoms with Crippen molar-refractivity contribution in [2.24, 2.45) is 0 Å². The summed E-state index contributed by atoms with van der Waals surface area (Å²) in [7, 11) is 0. The van der Waals surface area contributed by atoms with Gasteiger partial charge in [0, 0.05) is 0 Å². The van der Waals surface area contributed by atoms with Gasteiger partial charge in [0.25, 0.3) is 0 Å². The molecule has 5 heteroatoms. The molecule has 0 aromatic heterocycles. The lowest BCUT2D eigenvalue weighted by Crippen LogP contribution is -2.59. The molecular weight excluding hydrogens is 176 g/mol. The molecule has 78 valence electrons. The predicted molar refractivity (Wildman–Crippen MR) is 44.1 cm³/mol. The number of hydrogen-bond donors (Lipinski definition) is 4. The quantitative estimate of drug-likeness (QED) is 0.395. The highest BCUT2D eigenvalue weighted by atomic mass is 16.5. The van der Waals surface area contributed by atoms with Crippen LogP contribution < -0.4 is 0 Å². The van der Waals surface area contributed by atoms with Crippen LogP contribution in [0.15, 0.2) is 0 Å². The molecule has 0 radical (unpaired) electrons. The van der Waals surface area contributed by atoms with Crippen molar-refractivity contribution >= 4 is 0 Å². The molecular formula is C8H16O5. The Labute approximate surface area is 76.6 Å². The molecule has 1 rings (SSSR count). The van der Waals surface area contributed by atoms with Crippen molar-refractivity contribution in [3.05, 3.63) is 0 Å². The predicted octanol–water partition coefficient (Wildman–Crippen LogP) is -1.76. The van der Waals surface area contributed by atoms with Gasteiger partial charge in [0.1, 0.15) is 24.4 Å². The molecule has 5 nitrogen and oxygen atoms in total. The van der Waals surface area contributed by atoms with E-state index < -0.39 is 30.0 Å². The molecule has 0 aromatic rings. The maximum Gasteiger partial charge on any atom is 0.114 e. The average molecular weight is 192 g/mol. The molecule has 0 unspecified atom stereocenters. The fraction of sp³-hybridized carbons (Fsp3) is 1.00. The molecule has 0 bridgehead atoms. The summed E-state index contributed by atoms with van der Waals surface area (Å²) in [5.74, 6) is 0. The van der Waals surface area contributed by atoms with Gasteiger partial charge in [-0.15, -0.1) is 0 Å². The van der Waals surface area contributed by atoms with E-state index in [9.17, 15) is 15.3 Å². The Bertz CT molecular complexity index is 176. The average Bonchev–Trinajstić information content (AvgIpc) is 1.98. The number of rotatable bonds is 1. The highest BCUT2D eigenvalue weighted by molar-refractivity contribution is 4.94. The van der Waals surface area contributed by atoms with E-state index in [0.29, 0.717) is 0 Å². The van der Waals surface area contributed by atoms with Crippen LogP contribution in [-0.4, -0.2) is 57.0 Å². The van der Waals surface area contributed by atoms with Gasteiger partial charge in [-0.3, -0.25) is 0 Å². The van der Waals surface area contributed by atoms with Crippen molar-refractivity contribution in [1.82, 2.24) is 0 Å². The summed E-state index contributed by atoms with van der Waals surface area (Å²) in [6, 6.07) is 0. The van der Waals surface area contributed by atoms with Gasteiger partial charge < -0.3 is 25.2 Å². The van der Waals surface area contributed by atoms with Gasteiger partial charge in [0.05, 0.1) is 12.2 Å². The summed E-state index contributed by atoms with van der Waals surface area (Å²) < 4.78 is 5.03. The first-order valence-electron chi connectivity index (χ1n) is 4.22. The zero-order valence-corrected chi connectivity index (χ0v) is 7.71. The van der Waals surface area contributed by atoms with E-state index >= 15 is 0 Å². The minimum absolute atomic E-state index is 0.0765. The first-order valence-corrected chi connectivity index (χ1v) is 4.22. The zero-order valence-electron chi connectivity index (χ0n) is 7.71. The third kappa shape index (κ3) is 2.18. The summed E-state index contributed by atoms with van der Waals surface area (Å²) in [6.45, 7) is 2.88. The molecule has 0 amide bonds. The van der Waals surface area contributed by atoms with Gasteiger partial charge in [0.15, 0.2) is 0 Å². The van der Waals surface area contributed by atoms with Crippen molar-refractivity contribution in [2.75, 3.05) is 6.61 Å². The molecule has 0 spiro atoms. The molecule has 1 aliphatic rings. The van der Waals surface area contributed by atoms with Crippen molar-refractivity contribution in [1.29, 1.82) is 0 Å². The van der Waals surface area contributed by atoms with Crippen molar-refractivity contribution < 1.29 is 25.2 Å². The second kappa shape index (κ2) is 3.51. The van der Waals surface area contributed by atoms with Crippen LogP contribution in [0.3, 0.4) is 0 Å². The Hall–Kier alpha value is -0.200. The highest BCUT2D eigenvalue weighted by Gasteiger charge is 2.44. The Kier molecular flexibility index (Phi) is 2.94. The SMILES string of the molecule is CC(C)(O)[C@H]1OC[C@@H](O)[C@@H](O)[C@@H]1O. The first kappa shape index (κ1) is 10.9. The Balaban J connectivity index is 2.70. The van der Waals surface area contributed by atoms with Crippen molar-refractivity contribution in [3.63, 3.8) is 0 Å². The summed E-state index contributed by atoms with van der Waals surface area (Å²) in [6.07, 6.45) is -4.48. The molecule has 4 atom stereocenters. The lowest BCUT2D eigenvalue weighted by atomic mass is 9.89. The summed E-state index contributed by atoms with van der Waals surface area (Å²) in [4.78, 5) is 0. The minimum atomic E-state index is -1.26. The van der Waals surface area contributed by atoms with E-state index in [4.69, 9.17) is 9.84 Å². The minimum Gasteiger partial charge on any atom is -0.388 e. The first-order chi connectivity index (χ1) is 5.84. The largest absolute Gasteiger partial charge is 0.388 e. The molecule has 1 fully saturated rings. The smallest absolute Gasteiger partial charge is 0.114 e. The molecule has 1 heterocycles. The van der Waals surface area contributed by atoms with Gasteiger partial charge in [-0.2, -0.15) is 0 Å². The van der Waals surface area contributed by atoms with Gasteiger partial charge in [0.2, 0.25) is 0 Å². The molecule has 1 saturated heterocycles. The molecule has 0 aromatic carbocycles. The number of aliphatic hydroxyl groups excluding tert-OH is 3. The number of aliphatic hydroxyl groups is 4. The van der Waals surface area contributed by atoms with E-state index in [1.54, 1.807) is 0 Å².